The van der Waals surface area contributed by atoms with E-state index in [4.69, 9.17) is 5.73 Å². The monoisotopic (exact) mass is 298 g/mol. The van der Waals surface area contributed by atoms with Crippen LogP contribution in [0.15, 0.2) is 48.5 Å². The van der Waals surface area contributed by atoms with Crippen molar-refractivity contribution in [3.8, 4) is 11.1 Å². The van der Waals surface area contributed by atoms with E-state index in [0.717, 1.165) is 16.8 Å². The van der Waals surface area contributed by atoms with Crippen molar-refractivity contribution in [2.45, 2.75) is 6.42 Å². The summed E-state index contributed by atoms with van der Waals surface area (Å²) in [6, 6.07) is 13.6. The lowest BCUT2D eigenvalue weighted by Gasteiger charge is -2.16. The van der Waals surface area contributed by atoms with Crippen LogP contribution >= 0.6 is 0 Å². The number of primary amides is 1. The average Bonchev–Trinajstić information content (AvgIpc) is 2.91. The summed E-state index contributed by atoms with van der Waals surface area (Å²) < 4.78 is 12.9. The molecule has 112 valence electrons. The smallest absolute Gasteiger partial charge is 0.227 e. The zero-order chi connectivity index (χ0) is 15.7. The van der Waals surface area contributed by atoms with E-state index in [1.54, 1.807) is 17.0 Å². The SMILES string of the molecule is NC(=O)C1CC(=O)N(c2ccc(-c3ccc(F)cc3)cc2)C1. The molecule has 0 bridgehead atoms. The first kappa shape index (κ1) is 14.3. The van der Waals surface area contributed by atoms with Gasteiger partial charge in [0.1, 0.15) is 5.82 Å². The number of amides is 2. The number of hydrogen-bond donors (Lipinski definition) is 1. The van der Waals surface area contributed by atoms with Gasteiger partial charge in [0.15, 0.2) is 0 Å². The van der Waals surface area contributed by atoms with Crippen molar-refractivity contribution in [1.82, 2.24) is 0 Å². The molecule has 3 rings (SSSR count). The van der Waals surface area contributed by atoms with Gasteiger partial charge in [-0.1, -0.05) is 24.3 Å². The summed E-state index contributed by atoms with van der Waals surface area (Å²) in [5.74, 6) is -1.25. The predicted molar refractivity (Wildman–Crippen MR) is 81.5 cm³/mol. The van der Waals surface area contributed by atoms with Crippen LogP contribution in [0.2, 0.25) is 0 Å². The molecule has 4 nitrogen and oxygen atoms in total. The molecule has 0 spiro atoms. The highest BCUT2D eigenvalue weighted by molar-refractivity contribution is 6.00. The third kappa shape index (κ3) is 2.70. The Bertz CT molecular complexity index is 710. The Kier molecular flexibility index (Phi) is 3.63. The summed E-state index contributed by atoms with van der Waals surface area (Å²) in [4.78, 5) is 24.7. The van der Waals surface area contributed by atoms with Gasteiger partial charge < -0.3 is 10.6 Å². The molecule has 0 aliphatic carbocycles. The fourth-order valence-corrected chi connectivity index (χ4v) is 2.62. The molecule has 0 aromatic heterocycles. The number of rotatable bonds is 3. The third-order valence-electron chi connectivity index (χ3n) is 3.88. The normalized spacial score (nSPS) is 17.8. The molecule has 1 unspecified atom stereocenters. The minimum absolute atomic E-state index is 0.0988. The van der Waals surface area contributed by atoms with Crippen molar-refractivity contribution >= 4 is 17.5 Å². The lowest BCUT2D eigenvalue weighted by atomic mass is 10.1. The zero-order valence-corrected chi connectivity index (χ0v) is 11.8. The van der Waals surface area contributed by atoms with Gasteiger partial charge in [0.2, 0.25) is 11.8 Å². The zero-order valence-electron chi connectivity index (χ0n) is 11.8. The fraction of sp³-hybridized carbons (Fsp3) is 0.176. The summed E-state index contributed by atoms with van der Waals surface area (Å²) in [7, 11) is 0. The number of nitrogens with two attached hydrogens (primary N) is 1. The van der Waals surface area contributed by atoms with E-state index >= 15 is 0 Å². The molecular weight excluding hydrogens is 283 g/mol. The van der Waals surface area contributed by atoms with E-state index in [-0.39, 0.29) is 18.1 Å². The molecule has 1 saturated heterocycles. The second-order valence-electron chi connectivity index (χ2n) is 5.36. The molecule has 1 heterocycles. The molecule has 1 aliphatic rings. The van der Waals surface area contributed by atoms with Gasteiger partial charge in [-0.25, -0.2) is 4.39 Å². The fourth-order valence-electron chi connectivity index (χ4n) is 2.62. The van der Waals surface area contributed by atoms with Gasteiger partial charge in [-0.3, -0.25) is 9.59 Å². The van der Waals surface area contributed by atoms with Crippen LogP contribution < -0.4 is 10.6 Å². The van der Waals surface area contributed by atoms with Crippen LogP contribution in [0.3, 0.4) is 0 Å². The molecule has 2 amide bonds. The Morgan fingerprint density at radius 3 is 2.09 bits per heavy atom. The Morgan fingerprint density at radius 2 is 1.59 bits per heavy atom. The Labute approximate surface area is 127 Å². The van der Waals surface area contributed by atoms with Crippen LogP contribution in [0.25, 0.3) is 11.1 Å². The van der Waals surface area contributed by atoms with Gasteiger partial charge >= 0.3 is 0 Å². The number of carbonyl (C=O) groups excluding carboxylic acids is 2. The number of anilines is 1. The molecule has 2 aromatic carbocycles. The number of carbonyl (C=O) groups is 2. The lowest BCUT2D eigenvalue weighted by Crippen LogP contribution is -2.28. The summed E-state index contributed by atoms with van der Waals surface area (Å²) in [6.07, 6.45) is 0.162. The highest BCUT2D eigenvalue weighted by atomic mass is 19.1. The quantitative estimate of drug-likeness (QED) is 0.945. The number of hydrogen-bond acceptors (Lipinski definition) is 2. The van der Waals surface area contributed by atoms with E-state index in [1.165, 1.54) is 12.1 Å². The van der Waals surface area contributed by atoms with Crippen molar-refractivity contribution < 1.29 is 14.0 Å². The molecule has 2 aromatic rings. The Morgan fingerprint density at radius 1 is 1.05 bits per heavy atom. The number of halogens is 1. The highest BCUT2D eigenvalue weighted by Crippen LogP contribution is 2.28. The van der Waals surface area contributed by atoms with Crippen molar-refractivity contribution in [2.75, 3.05) is 11.4 Å². The second kappa shape index (κ2) is 5.60. The van der Waals surface area contributed by atoms with Gasteiger partial charge in [0.25, 0.3) is 0 Å². The van der Waals surface area contributed by atoms with E-state index in [2.05, 4.69) is 0 Å². The van der Waals surface area contributed by atoms with Crippen LogP contribution in [0.4, 0.5) is 10.1 Å². The highest BCUT2D eigenvalue weighted by Gasteiger charge is 2.33. The van der Waals surface area contributed by atoms with E-state index in [0.29, 0.717) is 6.54 Å². The molecule has 0 radical (unpaired) electrons. The first-order chi connectivity index (χ1) is 10.5. The molecule has 1 aliphatic heterocycles. The molecule has 5 heteroatoms. The predicted octanol–water partition coefficient (Wildman–Crippen LogP) is 2.33. The lowest BCUT2D eigenvalue weighted by molar-refractivity contribution is -0.123. The molecular formula is C17H15FN2O2. The summed E-state index contributed by atoms with van der Waals surface area (Å²) in [5, 5.41) is 0. The van der Waals surface area contributed by atoms with E-state index in [1.807, 2.05) is 24.3 Å². The summed E-state index contributed by atoms with van der Waals surface area (Å²) in [5.41, 5.74) is 7.83. The van der Waals surface area contributed by atoms with Gasteiger partial charge in [0, 0.05) is 18.7 Å². The number of benzene rings is 2. The average molecular weight is 298 g/mol. The molecule has 1 fully saturated rings. The molecule has 1 atom stereocenters. The van der Waals surface area contributed by atoms with Crippen molar-refractivity contribution in [1.29, 1.82) is 0 Å². The first-order valence-electron chi connectivity index (χ1n) is 7.00. The van der Waals surface area contributed by atoms with Crippen molar-refractivity contribution in [2.24, 2.45) is 11.7 Å². The summed E-state index contributed by atoms with van der Waals surface area (Å²) in [6.45, 7) is 0.323. The van der Waals surface area contributed by atoms with Crippen LogP contribution in [0, 0.1) is 11.7 Å². The van der Waals surface area contributed by atoms with Gasteiger partial charge in [0.05, 0.1) is 5.92 Å². The number of nitrogens with zero attached hydrogens (tertiary/aromatic N) is 1. The van der Waals surface area contributed by atoms with Crippen LogP contribution in [0.5, 0.6) is 0 Å². The molecule has 22 heavy (non-hydrogen) atoms. The van der Waals surface area contributed by atoms with E-state index < -0.39 is 11.8 Å². The maximum absolute atomic E-state index is 12.9. The topological polar surface area (TPSA) is 63.4 Å². The minimum atomic E-state index is -0.446. The van der Waals surface area contributed by atoms with Crippen molar-refractivity contribution in [3.05, 3.63) is 54.3 Å². The van der Waals surface area contributed by atoms with Crippen LogP contribution in [-0.4, -0.2) is 18.4 Å². The van der Waals surface area contributed by atoms with Gasteiger partial charge in [-0.2, -0.15) is 0 Å². The Hall–Kier alpha value is -2.69. The summed E-state index contributed by atoms with van der Waals surface area (Å²) >= 11 is 0. The maximum Gasteiger partial charge on any atom is 0.227 e. The van der Waals surface area contributed by atoms with Gasteiger partial charge in [-0.15, -0.1) is 0 Å². The van der Waals surface area contributed by atoms with Gasteiger partial charge in [-0.05, 0) is 35.4 Å². The Balaban J connectivity index is 1.81. The minimum Gasteiger partial charge on any atom is -0.369 e. The third-order valence-corrected chi connectivity index (χ3v) is 3.88. The standard InChI is InChI=1S/C17H15FN2O2/c18-14-5-1-11(2-6-14)12-3-7-15(8-4-12)20-10-13(17(19)22)9-16(20)21/h1-8,13H,9-10H2,(H2,19,22). The molecule has 2 N–H and O–H groups in total. The van der Waals surface area contributed by atoms with E-state index in [9.17, 15) is 14.0 Å². The maximum atomic E-state index is 12.9. The largest absolute Gasteiger partial charge is 0.369 e. The first-order valence-corrected chi connectivity index (χ1v) is 7.00. The second-order valence-corrected chi connectivity index (χ2v) is 5.36. The van der Waals surface area contributed by atoms with Crippen LogP contribution in [-0.2, 0) is 9.59 Å². The van der Waals surface area contributed by atoms with Crippen molar-refractivity contribution in [3.63, 3.8) is 0 Å². The molecule has 0 saturated carbocycles. The van der Waals surface area contributed by atoms with Crippen LogP contribution in [0.1, 0.15) is 6.42 Å².